The lowest BCUT2D eigenvalue weighted by molar-refractivity contribution is -0.385. The summed E-state index contributed by atoms with van der Waals surface area (Å²) in [5.41, 5.74) is -0.0150. The fourth-order valence-corrected chi connectivity index (χ4v) is 2.78. The van der Waals surface area contributed by atoms with Crippen LogP contribution in [0.25, 0.3) is 0 Å². The first kappa shape index (κ1) is 17.6. The van der Waals surface area contributed by atoms with Gasteiger partial charge >= 0.3 is 7.60 Å². The molecule has 126 valence electrons. The van der Waals surface area contributed by atoms with Gasteiger partial charge in [-0.15, -0.1) is 0 Å². The Balaban J connectivity index is 2.05. The molecule has 0 bridgehead atoms. The van der Waals surface area contributed by atoms with Crippen LogP contribution in [0.2, 0.25) is 0 Å². The van der Waals surface area contributed by atoms with E-state index in [4.69, 9.17) is 9.05 Å². The van der Waals surface area contributed by atoms with Gasteiger partial charge in [-0.2, -0.15) is 0 Å². The van der Waals surface area contributed by atoms with E-state index in [1.807, 2.05) is 0 Å². The molecule has 0 amide bonds. The highest BCUT2D eigenvalue weighted by Gasteiger charge is 2.22. The van der Waals surface area contributed by atoms with E-state index in [0.29, 0.717) is 0 Å². The maximum Gasteiger partial charge on any atom is 0.376 e. The summed E-state index contributed by atoms with van der Waals surface area (Å²) in [6.45, 7) is 0.946. The molecule has 0 saturated heterocycles. The van der Waals surface area contributed by atoms with Crippen LogP contribution in [-0.4, -0.2) is 16.5 Å². The Kier molecular flexibility index (Phi) is 5.28. The summed E-state index contributed by atoms with van der Waals surface area (Å²) in [6.07, 6.45) is 0. The number of nitro benzene ring substituents is 2. The van der Waals surface area contributed by atoms with E-state index in [-0.39, 0.29) is 29.3 Å². The minimum Gasteiger partial charge on any atom is -0.425 e. The van der Waals surface area contributed by atoms with Crippen LogP contribution in [0.5, 0.6) is 5.75 Å². The Labute approximate surface area is 136 Å². The van der Waals surface area contributed by atoms with Gasteiger partial charge in [0.2, 0.25) is 0 Å². The summed E-state index contributed by atoms with van der Waals surface area (Å²) in [5.74, 6) is 0.133. The second kappa shape index (κ2) is 7.20. The molecule has 0 aliphatic rings. The van der Waals surface area contributed by atoms with Gasteiger partial charge in [-0.05, 0) is 18.2 Å². The van der Waals surface area contributed by atoms with Gasteiger partial charge in [0, 0.05) is 24.9 Å². The van der Waals surface area contributed by atoms with Crippen molar-refractivity contribution in [3.8, 4) is 5.75 Å². The fraction of sp³-hybridized carbons (Fsp3) is 0.143. The first-order chi connectivity index (χ1) is 11.3. The van der Waals surface area contributed by atoms with Crippen LogP contribution < -0.4 is 4.52 Å². The lowest BCUT2D eigenvalue weighted by atomic mass is 10.2. The Morgan fingerprint density at radius 1 is 1.00 bits per heavy atom. The van der Waals surface area contributed by atoms with Crippen molar-refractivity contribution in [2.45, 2.75) is 6.61 Å². The maximum absolute atomic E-state index is 12.3. The Hall–Kier alpha value is -2.77. The molecule has 0 saturated carbocycles. The minimum atomic E-state index is -3.56. The number of para-hydroxylation sites is 1. The number of hydrogen-bond donors (Lipinski definition) is 0. The Morgan fingerprint density at radius 2 is 1.62 bits per heavy atom. The predicted octanol–water partition coefficient (Wildman–Crippen LogP) is 3.92. The Bertz CT molecular complexity index is 807. The largest absolute Gasteiger partial charge is 0.425 e. The summed E-state index contributed by atoms with van der Waals surface area (Å²) >= 11 is 0. The second-order valence-corrected chi connectivity index (χ2v) is 6.76. The summed E-state index contributed by atoms with van der Waals surface area (Å²) < 4.78 is 22.7. The summed E-state index contributed by atoms with van der Waals surface area (Å²) in [5, 5.41) is 21.5. The molecular weight excluding hydrogens is 339 g/mol. The van der Waals surface area contributed by atoms with Gasteiger partial charge in [-0.25, -0.2) is 4.57 Å². The number of hydrogen-bond acceptors (Lipinski definition) is 7. The summed E-state index contributed by atoms with van der Waals surface area (Å²) in [7, 11) is -3.56. The maximum atomic E-state index is 12.3. The van der Waals surface area contributed by atoms with Gasteiger partial charge < -0.3 is 4.52 Å². The second-order valence-electron chi connectivity index (χ2n) is 4.77. The van der Waals surface area contributed by atoms with Crippen LogP contribution in [0.4, 0.5) is 11.4 Å². The first-order valence-electron chi connectivity index (χ1n) is 6.67. The summed E-state index contributed by atoms with van der Waals surface area (Å²) in [6, 6.07) is 10.9. The van der Waals surface area contributed by atoms with Crippen LogP contribution >= 0.6 is 7.60 Å². The molecule has 0 heterocycles. The Morgan fingerprint density at radius 3 is 2.21 bits per heavy atom. The monoisotopic (exact) mass is 352 g/mol. The lowest BCUT2D eigenvalue weighted by Crippen LogP contribution is -2.00. The molecule has 0 aliphatic carbocycles. The van der Waals surface area contributed by atoms with E-state index in [0.717, 1.165) is 0 Å². The molecule has 0 aromatic heterocycles. The van der Waals surface area contributed by atoms with Crippen LogP contribution in [-0.2, 0) is 15.7 Å². The number of non-ortho nitro benzene ring substituents is 1. The lowest BCUT2D eigenvalue weighted by Gasteiger charge is -2.15. The third-order valence-electron chi connectivity index (χ3n) is 2.96. The first-order valence-corrected chi connectivity index (χ1v) is 8.66. The predicted molar refractivity (Wildman–Crippen MR) is 85.1 cm³/mol. The normalized spacial score (nSPS) is 13.0. The van der Waals surface area contributed by atoms with Gasteiger partial charge in [0.25, 0.3) is 11.4 Å². The van der Waals surface area contributed by atoms with Crippen molar-refractivity contribution in [3.63, 3.8) is 0 Å². The topological polar surface area (TPSA) is 122 Å². The van der Waals surface area contributed by atoms with Crippen molar-refractivity contribution in [2.75, 3.05) is 6.66 Å². The van der Waals surface area contributed by atoms with Crippen LogP contribution in [0.3, 0.4) is 0 Å². The van der Waals surface area contributed by atoms with Gasteiger partial charge in [-0.1, -0.05) is 12.1 Å². The average Bonchev–Trinajstić information content (AvgIpc) is 2.53. The molecule has 0 fully saturated rings. The molecule has 0 unspecified atom stereocenters. The van der Waals surface area contributed by atoms with E-state index >= 15 is 0 Å². The zero-order valence-electron chi connectivity index (χ0n) is 12.5. The highest BCUT2D eigenvalue weighted by Crippen LogP contribution is 2.45. The summed E-state index contributed by atoms with van der Waals surface area (Å²) in [4.78, 5) is 20.4. The molecule has 2 aromatic carbocycles. The molecule has 0 spiro atoms. The molecule has 10 heteroatoms. The molecule has 0 radical (unpaired) electrons. The zero-order chi connectivity index (χ0) is 17.7. The fourth-order valence-electron chi connectivity index (χ4n) is 1.84. The van der Waals surface area contributed by atoms with Crippen molar-refractivity contribution in [2.24, 2.45) is 0 Å². The quantitative estimate of drug-likeness (QED) is 0.420. The molecule has 0 N–H and O–H groups in total. The van der Waals surface area contributed by atoms with Gasteiger partial charge in [-0.3, -0.25) is 24.8 Å². The van der Waals surface area contributed by atoms with E-state index in [1.165, 1.54) is 49.1 Å². The van der Waals surface area contributed by atoms with Crippen molar-refractivity contribution >= 4 is 19.0 Å². The van der Waals surface area contributed by atoms with E-state index in [2.05, 4.69) is 0 Å². The van der Waals surface area contributed by atoms with E-state index in [1.54, 1.807) is 6.07 Å². The van der Waals surface area contributed by atoms with Gasteiger partial charge in [0.05, 0.1) is 22.0 Å². The number of rotatable bonds is 7. The minimum absolute atomic E-state index is 0.130. The third kappa shape index (κ3) is 4.61. The molecular formula is C14H13N2O7P. The molecule has 24 heavy (non-hydrogen) atoms. The van der Waals surface area contributed by atoms with Crippen molar-refractivity contribution in [1.29, 1.82) is 0 Å². The van der Waals surface area contributed by atoms with Gasteiger partial charge in [0.15, 0.2) is 0 Å². The van der Waals surface area contributed by atoms with Crippen LogP contribution in [0.1, 0.15) is 5.56 Å². The highest BCUT2D eigenvalue weighted by atomic mass is 31.2. The third-order valence-corrected chi connectivity index (χ3v) is 4.10. The molecule has 2 aromatic rings. The SMILES string of the molecule is C[P@@](=O)(OCc1ccccc1[N+](=O)[O-])Oc1ccc([N+](=O)[O-])cc1. The van der Waals surface area contributed by atoms with Crippen LogP contribution in [0, 0.1) is 20.2 Å². The van der Waals surface area contributed by atoms with Crippen molar-refractivity contribution in [1.82, 2.24) is 0 Å². The molecule has 2 rings (SSSR count). The van der Waals surface area contributed by atoms with E-state index in [9.17, 15) is 24.8 Å². The van der Waals surface area contributed by atoms with Crippen LogP contribution in [0.15, 0.2) is 48.5 Å². The van der Waals surface area contributed by atoms with Crippen molar-refractivity contribution in [3.05, 3.63) is 74.3 Å². The molecule has 9 nitrogen and oxygen atoms in total. The van der Waals surface area contributed by atoms with Crippen molar-refractivity contribution < 1.29 is 23.5 Å². The molecule has 0 aliphatic heterocycles. The number of nitrogens with zero attached hydrogens (tertiary/aromatic N) is 2. The van der Waals surface area contributed by atoms with Gasteiger partial charge in [0.1, 0.15) is 5.75 Å². The zero-order valence-corrected chi connectivity index (χ0v) is 13.4. The standard InChI is InChI=1S/C14H13N2O7P/c1-24(21,23-13-8-6-12(7-9-13)15(17)18)22-10-11-4-2-3-5-14(11)16(19)20/h2-9H,10H2,1H3/t24-/m1/s1. The average molecular weight is 352 g/mol. The number of nitro groups is 2. The van der Waals surface area contributed by atoms with E-state index < -0.39 is 17.4 Å². The highest BCUT2D eigenvalue weighted by molar-refractivity contribution is 7.53. The molecule has 1 atom stereocenters. The number of benzene rings is 2. The smallest absolute Gasteiger partial charge is 0.376 e.